The first-order valence-corrected chi connectivity index (χ1v) is 4.98. The average Bonchev–Trinajstić information content (AvgIpc) is 2.71. The highest BCUT2D eigenvalue weighted by Crippen LogP contribution is 2.11. The molecule has 2 nitrogen and oxygen atoms in total. The molecule has 0 saturated heterocycles. The normalized spacial score (nSPS) is 15.5. The predicted octanol–water partition coefficient (Wildman–Crippen LogP) is 2.27. The summed E-state index contributed by atoms with van der Waals surface area (Å²) >= 11 is 0. The Morgan fingerprint density at radius 3 is 2.60 bits per heavy atom. The second-order valence-electron chi connectivity index (χ2n) is 3.59. The number of rotatable bonds is 2. The Bertz CT molecular complexity index is 392. The molecule has 1 amide bonds. The molecule has 1 aliphatic rings. The Labute approximate surface area is 87.8 Å². The van der Waals surface area contributed by atoms with Gasteiger partial charge in [0.05, 0.1) is 5.56 Å². The Hall–Kier alpha value is -1.64. The van der Waals surface area contributed by atoms with Gasteiger partial charge in [0.2, 0.25) is 0 Å². The number of hydrogen-bond acceptors (Lipinski definition) is 1. The standard InChI is InChI=1S/C12H12FNO/c13-11-8-4-3-7-10(11)12(15)14-9-5-1-2-6-9/h1-4,7-9H,5-6H2,(H,14,15). The molecule has 3 heteroatoms. The zero-order valence-electron chi connectivity index (χ0n) is 8.24. The number of nitrogens with one attached hydrogen (secondary N) is 1. The van der Waals surface area contributed by atoms with E-state index in [0.717, 1.165) is 12.8 Å². The molecule has 0 aliphatic heterocycles. The summed E-state index contributed by atoms with van der Waals surface area (Å²) in [5.41, 5.74) is 0.115. The summed E-state index contributed by atoms with van der Waals surface area (Å²) in [4.78, 5) is 11.6. The maximum Gasteiger partial charge on any atom is 0.254 e. The molecule has 1 aliphatic carbocycles. The van der Waals surface area contributed by atoms with Crippen molar-refractivity contribution < 1.29 is 9.18 Å². The zero-order chi connectivity index (χ0) is 10.7. The van der Waals surface area contributed by atoms with Crippen LogP contribution in [-0.4, -0.2) is 11.9 Å². The average molecular weight is 205 g/mol. The van der Waals surface area contributed by atoms with Crippen molar-refractivity contribution in [1.29, 1.82) is 0 Å². The molecule has 78 valence electrons. The molecule has 1 aromatic carbocycles. The maximum absolute atomic E-state index is 13.2. The van der Waals surface area contributed by atoms with Crippen LogP contribution in [0.1, 0.15) is 23.2 Å². The molecule has 1 aromatic rings. The summed E-state index contributed by atoms with van der Waals surface area (Å²) in [5, 5.41) is 2.79. The highest BCUT2D eigenvalue weighted by molar-refractivity contribution is 5.94. The Morgan fingerprint density at radius 2 is 1.93 bits per heavy atom. The molecular formula is C12H12FNO. The number of benzene rings is 1. The van der Waals surface area contributed by atoms with Crippen molar-refractivity contribution in [3.8, 4) is 0 Å². The SMILES string of the molecule is O=C(NC1CC=CC1)c1ccccc1F. The molecule has 2 rings (SSSR count). The van der Waals surface area contributed by atoms with Crippen molar-refractivity contribution in [2.24, 2.45) is 0 Å². The number of halogens is 1. The third-order valence-electron chi connectivity index (χ3n) is 2.46. The van der Waals surface area contributed by atoms with Crippen LogP contribution in [0.5, 0.6) is 0 Å². The van der Waals surface area contributed by atoms with E-state index in [0.29, 0.717) is 0 Å². The van der Waals surface area contributed by atoms with Gasteiger partial charge in [-0.2, -0.15) is 0 Å². The minimum absolute atomic E-state index is 0.115. The molecular weight excluding hydrogens is 193 g/mol. The second-order valence-corrected chi connectivity index (χ2v) is 3.59. The van der Waals surface area contributed by atoms with E-state index in [1.165, 1.54) is 12.1 Å². The smallest absolute Gasteiger partial charge is 0.254 e. The van der Waals surface area contributed by atoms with Gasteiger partial charge in [0, 0.05) is 6.04 Å². The van der Waals surface area contributed by atoms with Crippen LogP contribution >= 0.6 is 0 Å². The van der Waals surface area contributed by atoms with Gasteiger partial charge in [-0.15, -0.1) is 0 Å². The van der Waals surface area contributed by atoms with Gasteiger partial charge in [-0.3, -0.25) is 4.79 Å². The van der Waals surface area contributed by atoms with Crippen molar-refractivity contribution in [2.45, 2.75) is 18.9 Å². The molecule has 0 atom stereocenters. The lowest BCUT2D eigenvalue weighted by Crippen LogP contribution is -2.33. The lowest BCUT2D eigenvalue weighted by atomic mass is 10.1. The number of hydrogen-bond donors (Lipinski definition) is 1. The zero-order valence-corrected chi connectivity index (χ0v) is 8.24. The highest BCUT2D eigenvalue weighted by atomic mass is 19.1. The second kappa shape index (κ2) is 4.26. The molecule has 1 N–H and O–H groups in total. The maximum atomic E-state index is 13.2. The van der Waals surface area contributed by atoms with E-state index in [-0.39, 0.29) is 17.5 Å². The monoisotopic (exact) mass is 205 g/mol. The summed E-state index contributed by atoms with van der Waals surface area (Å²) in [6, 6.07) is 6.14. The molecule has 0 fully saturated rings. The van der Waals surface area contributed by atoms with E-state index in [1.807, 2.05) is 12.2 Å². The van der Waals surface area contributed by atoms with Crippen molar-refractivity contribution in [3.05, 3.63) is 47.8 Å². The largest absolute Gasteiger partial charge is 0.349 e. The van der Waals surface area contributed by atoms with Crippen LogP contribution in [0.4, 0.5) is 4.39 Å². The van der Waals surface area contributed by atoms with Crippen LogP contribution in [-0.2, 0) is 0 Å². The van der Waals surface area contributed by atoms with Crippen molar-refractivity contribution in [1.82, 2.24) is 5.32 Å². The van der Waals surface area contributed by atoms with Gasteiger partial charge in [0.25, 0.3) is 5.91 Å². The van der Waals surface area contributed by atoms with Crippen molar-refractivity contribution in [3.63, 3.8) is 0 Å². The minimum Gasteiger partial charge on any atom is -0.349 e. The highest BCUT2D eigenvalue weighted by Gasteiger charge is 2.16. The van der Waals surface area contributed by atoms with Crippen LogP contribution < -0.4 is 5.32 Å². The number of carbonyl (C=O) groups excluding carboxylic acids is 1. The van der Waals surface area contributed by atoms with Gasteiger partial charge >= 0.3 is 0 Å². The first-order valence-electron chi connectivity index (χ1n) is 4.98. The molecule has 0 saturated carbocycles. The van der Waals surface area contributed by atoms with E-state index in [4.69, 9.17) is 0 Å². The third-order valence-corrected chi connectivity index (χ3v) is 2.46. The fourth-order valence-corrected chi connectivity index (χ4v) is 1.64. The van der Waals surface area contributed by atoms with Crippen molar-refractivity contribution in [2.75, 3.05) is 0 Å². The Morgan fingerprint density at radius 1 is 1.27 bits per heavy atom. The van der Waals surface area contributed by atoms with E-state index < -0.39 is 5.82 Å². The third kappa shape index (κ3) is 2.24. The quantitative estimate of drug-likeness (QED) is 0.737. The van der Waals surface area contributed by atoms with Gasteiger partial charge in [-0.05, 0) is 25.0 Å². The summed E-state index contributed by atoms with van der Waals surface area (Å²) in [6.45, 7) is 0. The summed E-state index contributed by atoms with van der Waals surface area (Å²) < 4.78 is 13.2. The van der Waals surface area contributed by atoms with E-state index in [9.17, 15) is 9.18 Å². The fraction of sp³-hybridized carbons (Fsp3) is 0.250. The van der Waals surface area contributed by atoms with Gasteiger partial charge in [-0.25, -0.2) is 4.39 Å². The lowest BCUT2D eigenvalue weighted by molar-refractivity contribution is 0.0935. The van der Waals surface area contributed by atoms with Gasteiger partial charge < -0.3 is 5.32 Å². The molecule has 0 heterocycles. The first-order chi connectivity index (χ1) is 7.27. The van der Waals surface area contributed by atoms with Crippen LogP contribution in [0.25, 0.3) is 0 Å². The van der Waals surface area contributed by atoms with E-state index >= 15 is 0 Å². The number of amides is 1. The predicted molar refractivity (Wildman–Crippen MR) is 56.0 cm³/mol. The summed E-state index contributed by atoms with van der Waals surface area (Å²) in [5.74, 6) is -0.803. The van der Waals surface area contributed by atoms with Gasteiger partial charge in [-0.1, -0.05) is 24.3 Å². The molecule has 0 radical (unpaired) electrons. The summed E-state index contributed by atoms with van der Waals surface area (Å²) in [7, 11) is 0. The van der Waals surface area contributed by atoms with Gasteiger partial charge in [0.1, 0.15) is 5.82 Å². The van der Waals surface area contributed by atoms with Crippen molar-refractivity contribution >= 4 is 5.91 Å². The summed E-state index contributed by atoms with van der Waals surface area (Å²) in [6.07, 6.45) is 5.71. The molecule has 0 bridgehead atoms. The van der Waals surface area contributed by atoms with E-state index in [1.54, 1.807) is 12.1 Å². The first kappa shape index (κ1) is 9.90. The topological polar surface area (TPSA) is 29.1 Å². The Kier molecular flexibility index (Phi) is 2.81. The fourth-order valence-electron chi connectivity index (χ4n) is 1.64. The molecule has 0 unspecified atom stereocenters. The molecule has 0 aromatic heterocycles. The van der Waals surface area contributed by atoms with Crippen LogP contribution in [0, 0.1) is 5.82 Å². The van der Waals surface area contributed by atoms with E-state index in [2.05, 4.69) is 5.32 Å². The van der Waals surface area contributed by atoms with Crippen LogP contribution in [0.2, 0.25) is 0 Å². The van der Waals surface area contributed by atoms with Crippen LogP contribution in [0.15, 0.2) is 36.4 Å². The molecule has 0 spiro atoms. The Balaban J connectivity index is 2.05. The van der Waals surface area contributed by atoms with Crippen LogP contribution in [0.3, 0.4) is 0 Å². The lowest BCUT2D eigenvalue weighted by Gasteiger charge is -2.12. The molecule has 15 heavy (non-hydrogen) atoms. The number of carbonyl (C=O) groups is 1. The minimum atomic E-state index is -0.471. The van der Waals surface area contributed by atoms with Gasteiger partial charge in [0.15, 0.2) is 0 Å².